The van der Waals surface area contributed by atoms with Gasteiger partial charge in [-0.05, 0) is 17.7 Å². The minimum absolute atomic E-state index is 0.203. The van der Waals surface area contributed by atoms with Crippen molar-refractivity contribution in [3.8, 4) is 5.82 Å². The van der Waals surface area contributed by atoms with Crippen LogP contribution in [0.25, 0.3) is 16.6 Å². The number of imidazole rings is 1. The number of carbonyl (C=O) groups is 1. The Morgan fingerprint density at radius 2 is 1.70 bits per heavy atom. The average Bonchev–Trinajstić information content (AvgIpc) is 3.40. The summed E-state index contributed by atoms with van der Waals surface area (Å²) in [6.07, 6.45) is 6.81. The number of nitrogens with zero attached hydrogens (tertiary/aromatic N) is 5. The van der Waals surface area contributed by atoms with Crippen molar-refractivity contribution in [2.24, 2.45) is 0 Å². The molecule has 8 nitrogen and oxygen atoms in total. The van der Waals surface area contributed by atoms with Gasteiger partial charge in [0.05, 0.1) is 11.9 Å². The lowest BCUT2D eigenvalue weighted by Crippen LogP contribution is -2.31. The van der Waals surface area contributed by atoms with E-state index in [9.17, 15) is 9.59 Å². The highest BCUT2D eigenvalue weighted by Gasteiger charge is 2.17. The molecule has 0 spiro atoms. The summed E-state index contributed by atoms with van der Waals surface area (Å²) < 4.78 is 3.13. The largest absolute Gasteiger partial charge is 0.346 e. The molecule has 0 aliphatic rings. The maximum absolute atomic E-state index is 13.2. The van der Waals surface area contributed by atoms with Gasteiger partial charge < -0.3 is 5.32 Å². The van der Waals surface area contributed by atoms with Crippen molar-refractivity contribution in [1.82, 2.24) is 29.6 Å². The first kappa shape index (κ1) is 20.3. The molecule has 3 aromatic heterocycles. The van der Waals surface area contributed by atoms with Gasteiger partial charge in [0.2, 0.25) is 0 Å². The van der Waals surface area contributed by atoms with E-state index < -0.39 is 0 Å². The number of carbonyl (C=O) groups excluding carboxylic acids is 1. The Labute approximate surface area is 189 Å². The lowest BCUT2D eigenvalue weighted by Gasteiger charge is -2.13. The van der Waals surface area contributed by atoms with Crippen molar-refractivity contribution in [1.29, 1.82) is 0 Å². The summed E-state index contributed by atoms with van der Waals surface area (Å²) in [5.41, 5.74) is 1.72. The molecule has 0 atom stereocenters. The van der Waals surface area contributed by atoms with Gasteiger partial charge in [0, 0.05) is 36.1 Å². The van der Waals surface area contributed by atoms with Gasteiger partial charge in [0.1, 0.15) is 12.1 Å². The summed E-state index contributed by atoms with van der Waals surface area (Å²) in [5.74, 6) is 0.315. The van der Waals surface area contributed by atoms with E-state index in [0.717, 1.165) is 11.1 Å². The molecule has 1 amide bonds. The Hall–Kier alpha value is -4.59. The van der Waals surface area contributed by atoms with Crippen molar-refractivity contribution in [2.75, 3.05) is 0 Å². The lowest BCUT2D eigenvalue weighted by molar-refractivity contribution is 0.0945. The molecular formula is C25H20N6O2. The number of pyridine rings is 1. The van der Waals surface area contributed by atoms with E-state index in [1.807, 2.05) is 42.5 Å². The first-order valence-corrected chi connectivity index (χ1v) is 10.4. The standard InChI is InChI=1S/C25H20N6O2/c32-24(28-15-19-9-6-12-27-23(19)30-14-13-26-17-30)22-20-10-4-5-11-21(20)25(33)31(29-22)16-18-7-2-1-3-8-18/h1-14,17H,15-16H2,(H,28,32). The molecule has 5 rings (SSSR count). The maximum atomic E-state index is 13.2. The van der Waals surface area contributed by atoms with Crippen molar-refractivity contribution in [3.63, 3.8) is 0 Å². The van der Waals surface area contributed by atoms with Crippen LogP contribution in [0, 0.1) is 0 Å². The van der Waals surface area contributed by atoms with Gasteiger partial charge in [-0.2, -0.15) is 5.10 Å². The molecule has 0 saturated carbocycles. The predicted molar refractivity (Wildman–Crippen MR) is 124 cm³/mol. The predicted octanol–water partition coefficient (Wildman–Crippen LogP) is 2.96. The highest BCUT2D eigenvalue weighted by atomic mass is 16.2. The molecule has 5 aromatic rings. The Balaban J connectivity index is 1.48. The van der Waals surface area contributed by atoms with Crippen molar-refractivity contribution in [3.05, 3.63) is 119 Å². The SMILES string of the molecule is O=C(NCc1cccnc1-n1ccnc1)c1nn(Cc2ccccc2)c(=O)c2ccccc12. The van der Waals surface area contributed by atoms with E-state index in [1.54, 1.807) is 53.8 Å². The van der Waals surface area contributed by atoms with Crippen LogP contribution in [0.5, 0.6) is 0 Å². The summed E-state index contributed by atoms with van der Waals surface area (Å²) in [5, 5.41) is 8.34. The van der Waals surface area contributed by atoms with Crippen LogP contribution in [0.4, 0.5) is 0 Å². The van der Waals surface area contributed by atoms with Crippen molar-refractivity contribution < 1.29 is 4.79 Å². The molecule has 33 heavy (non-hydrogen) atoms. The third-order valence-electron chi connectivity index (χ3n) is 5.31. The fourth-order valence-electron chi connectivity index (χ4n) is 3.71. The average molecular weight is 436 g/mol. The summed E-state index contributed by atoms with van der Waals surface area (Å²) in [7, 11) is 0. The van der Waals surface area contributed by atoms with Gasteiger partial charge in [-0.3, -0.25) is 14.2 Å². The second-order valence-electron chi connectivity index (χ2n) is 7.48. The number of hydrogen-bond acceptors (Lipinski definition) is 5. The van der Waals surface area contributed by atoms with Crippen LogP contribution in [0.2, 0.25) is 0 Å². The van der Waals surface area contributed by atoms with E-state index >= 15 is 0 Å². The van der Waals surface area contributed by atoms with Gasteiger partial charge in [-0.15, -0.1) is 0 Å². The number of nitrogens with one attached hydrogen (secondary N) is 1. The van der Waals surface area contributed by atoms with Gasteiger partial charge in [-0.25, -0.2) is 14.6 Å². The van der Waals surface area contributed by atoms with Crippen molar-refractivity contribution >= 4 is 16.7 Å². The second-order valence-corrected chi connectivity index (χ2v) is 7.48. The quantitative estimate of drug-likeness (QED) is 0.442. The zero-order valence-electron chi connectivity index (χ0n) is 17.6. The van der Waals surface area contributed by atoms with Crippen molar-refractivity contribution in [2.45, 2.75) is 13.1 Å². The molecule has 0 saturated heterocycles. The van der Waals surface area contributed by atoms with Crippen LogP contribution < -0.4 is 10.9 Å². The third kappa shape index (κ3) is 4.14. The molecule has 0 radical (unpaired) electrons. The highest BCUT2D eigenvalue weighted by molar-refractivity contribution is 6.04. The Bertz CT molecular complexity index is 1480. The fraction of sp³-hybridized carbons (Fsp3) is 0.0800. The minimum Gasteiger partial charge on any atom is -0.346 e. The Morgan fingerprint density at radius 1 is 0.909 bits per heavy atom. The smallest absolute Gasteiger partial charge is 0.274 e. The van der Waals surface area contributed by atoms with E-state index in [-0.39, 0.29) is 30.2 Å². The van der Waals surface area contributed by atoms with Gasteiger partial charge >= 0.3 is 0 Å². The number of fused-ring (bicyclic) bond motifs is 1. The molecule has 0 fully saturated rings. The lowest BCUT2D eigenvalue weighted by atomic mass is 10.1. The maximum Gasteiger partial charge on any atom is 0.274 e. The van der Waals surface area contributed by atoms with E-state index in [0.29, 0.717) is 16.6 Å². The summed E-state index contributed by atoms with van der Waals surface area (Å²) >= 11 is 0. The zero-order valence-corrected chi connectivity index (χ0v) is 17.6. The molecule has 0 bridgehead atoms. The summed E-state index contributed by atoms with van der Waals surface area (Å²) in [6.45, 7) is 0.520. The molecule has 3 heterocycles. The molecular weight excluding hydrogens is 416 g/mol. The molecule has 162 valence electrons. The molecule has 8 heteroatoms. The van der Waals surface area contributed by atoms with Crippen LogP contribution in [-0.4, -0.2) is 30.2 Å². The summed E-state index contributed by atoms with van der Waals surface area (Å²) in [6, 6.07) is 20.3. The van der Waals surface area contributed by atoms with E-state index in [4.69, 9.17) is 0 Å². The van der Waals surface area contributed by atoms with Crippen LogP contribution in [0.1, 0.15) is 21.6 Å². The highest BCUT2D eigenvalue weighted by Crippen LogP contribution is 2.15. The molecule has 0 unspecified atom stereocenters. The fourth-order valence-corrected chi connectivity index (χ4v) is 3.71. The minimum atomic E-state index is -0.367. The van der Waals surface area contributed by atoms with Gasteiger partial charge in [-0.1, -0.05) is 54.6 Å². The van der Waals surface area contributed by atoms with Crippen LogP contribution in [-0.2, 0) is 13.1 Å². The number of amides is 1. The molecule has 0 aliphatic heterocycles. The monoisotopic (exact) mass is 436 g/mol. The number of benzene rings is 2. The van der Waals surface area contributed by atoms with Crippen LogP contribution in [0.15, 0.2) is 96.4 Å². The number of aromatic nitrogens is 5. The van der Waals surface area contributed by atoms with Gasteiger partial charge in [0.25, 0.3) is 11.5 Å². The number of hydrogen-bond donors (Lipinski definition) is 1. The first-order chi connectivity index (χ1) is 16.2. The Morgan fingerprint density at radius 3 is 2.48 bits per heavy atom. The third-order valence-corrected chi connectivity index (χ3v) is 5.31. The van der Waals surface area contributed by atoms with Gasteiger partial charge in [0.15, 0.2) is 5.69 Å². The van der Waals surface area contributed by atoms with Crippen LogP contribution >= 0.6 is 0 Å². The molecule has 0 aliphatic carbocycles. The normalized spacial score (nSPS) is 10.9. The number of rotatable bonds is 6. The summed E-state index contributed by atoms with van der Waals surface area (Å²) in [4.78, 5) is 34.7. The molecule has 2 aromatic carbocycles. The second kappa shape index (κ2) is 8.88. The molecule has 1 N–H and O–H groups in total. The first-order valence-electron chi connectivity index (χ1n) is 10.4. The van der Waals surface area contributed by atoms with E-state index in [1.165, 1.54) is 4.68 Å². The van der Waals surface area contributed by atoms with E-state index in [2.05, 4.69) is 20.4 Å². The Kier molecular flexibility index (Phi) is 5.47. The topological polar surface area (TPSA) is 94.7 Å². The van der Waals surface area contributed by atoms with Crippen LogP contribution in [0.3, 0.4) is 0 Å². The zero-order chi connectivity index (χ0) is 22.6.